The first kappa shape index (κ1) is 13.2. The van der Waals surface area contributed by atoms with Crippen LogP contribution >= 0.6 is 0 Å². The molecule has 2 heteroatoms. The van der Waals surface area contributed by atoms with Gasteiger partial charge in [0.05, 0.1) is 5.76 Å². The molecule has 1 atom stereocenters. The molecule has 1 N–H and O–H groups in total. The predicted molar refractivity (Wildman–Crippen MR) is 59.3 cm³/mol. The van der Waals surface area contributed by atoms with E-state index in [1.54, 1.807) is 0 Å². The monoisotopic (exact) mass is 198 g/mol. The fraction of sp³-hybridized carbons (Fsp3) is 0.750. The van der Waals surface area contributed by atoms with Crippen molar-refractivity contribution in [3.8, 4) is 0 Å². The highest BCUT2D eigenvalue weighted by Gasteiger charge is 2.08. The number of hydrogen-bond donors (Lipinski definition) is 1. The molecule has 0 fully saturated rings. The molecule has 0 aliphatic heterocycles. The fourth-order valence-corrected chi connectivity index (χ4v) is 1.53. The maximum Gasteiger partial charge on any atom is 0.155 e. The molecule has 0 aromatic heterocycles. The van der Waals surface area contributed by atoms with Crippen LogP contribution in [-0.2, 0) is 4.79 Å². The molecule has 0 aromatic carbocycles. The van der Waals surface area contributed by atoms with Crippen LogP contribution in [0.1, 0.15) is 52.9 Å². The first-order valence-corrected chi connectivity index (χ1v) is 5.50. The Hall–Kier alpha value is -0.790. The molecule has 1 unspecified atom stereocenters. The van der Waals surface area contributed by atoms with E-state index in [1.165, 1.54) is 25.8 Å². The van der Waals surface area contributed by atoms with Gasteiger partial charge < -0.3 is 5.11 Å². The van der Waals surface area contributed by atoms with E-state index < -0.39 is 0 Å². The summed E-state index contributed by atoms with van der Waals surface area (Å²) < 4.78 is 0. The zero-order chi connectivity index (χ0) is 11.0. The molecule has 0 aliphatic rings. The summed E-state index contributed by atoms with van der Waals surface area (Å²) in [5, 5.41) is 9.46. The van der Waals surface area contributed by atoms with Crippen molar-refractivity contribution in [2.45, 2.75) is 52.9 Å². The third-order valence-corrected chi connectivity index (χ3v) is 2.41. The third-order valence-electron chi connectivity index (χ3n) is 2.41. The Balaban J connectivity index is 3.97. The molecular formula is C12H22O2. The summed E-state index contributed by atoms with van der Waals surface area (Å²) in [7, 11) is 0. The molecule has 0 spiro atoms. The molecule has 2 nitrogen and oxygen atoms in total. The fourth-order valence-electron chi connectivity index (χ4n) is 1.53. The summed E-state index contributed by atoms with van der Waals surface area (Å²) in [5.74, 6) is 0.679. The van der Waals surface area contributed by atoms with Gasteiger partial charge in [0.15, 0.2) is 5.78 Å². The lowest BCUT2D eigenvalue weighted by atomic mass is 9.95. The lowest BCUT2D eigenvalue weighted by molar-refractivity contribution is -0.112. The van der Waals surface area contributed by atoms with Crippen molar-refractivity contribution in [1.29, 1.82) is 0 Å². The SMILES string of the molecule is CCCCC(CC)C/C(O)=C/C(C)=O. The lowest BCUT2D eigenvalue weighted by Crippen LogP contribution is -2.01. The predicted octanol–water partition coefficient (Wildman–Crippen LogP) is 3.62. The number of carbonyl (C=O) groups is 1. The zero-order valence-electron chi connectivity index (χ0n) is 9.55. The smallest absolute Gasteiger partial charge is 0.155 e. The molecule has 0 amide bonds. The molecule has 14 heavy (non-hydrogen) atoms. The number of aliphatic hydroxyl groups is 1. The summed E-state index contributed by atoms with van der Waals surface area (Å²) in [6.07, 6.45) is 6.57. The van der Waals surface area contributed by atoms with E-state index in [2.05, 4.69) is 13.8 Å². The molecule has 82 valence electrons. The van der Waals surface area contributed by atoms with Crippen LogP contribution in [0.2, 0.25) is 0 Å². The lowest BCUT2D eigenvalue weighted by Gasteiger charge is -2.13. The van der Waals surface area contributed by atoms with Crippen molar-refractivity contribution < 1.29 is 9.90 Å². The van der Waals surface area contributed by atoms with Crippen molar-refractivity contribution in [3.63, 3.8) is 0 Å². The van der Waals surface area contributed by atoms with Gasteiger partial charge in [-0.3, -0.25) is 4.79 Å². The number of unbranched alkanes of at least 4 members (excludes halogenated alkanes) is 1. The highest BCUT2D eigenvalue weighted by Crippen LogP contribution is 2.19. The van der Waals surface area contributed by atoms with E-state index in [-0.39, 0.29) is 11.5 Å². The first-order valence-electron chi connectivity index (χ1n) is 5.50. The van der Waals surface area contributed by atoms with Gasteiger partial charge >= 0.3 is 0 Å². The van der Waals surface area contributed by atoms with E-state index in [0.29, 0.717) is 12.3 Å². The Bertz CT molecular complexity index is 194. The van der Waals surface area contributed by atoms with Gasteiger partial charge in [-0.05, 0) is 12.8 Å². The molecule has 0 radical (unpaired) electrons. The van der Waals surface area contributed by atoms with E-state index >= 15 is 0 Å². The summed E-state index contributed by atoms with van der Waals surface area (Å²) >= 11 is 0. The van der Waals surface area contributed by atoms with E-state index in [9.17, 15) is 9.90 Å². The normalized spacial score (nSPS) is 14.1. The van der Waals surface area contributed by atoms with E-state index in [4.69, 9.17) is 0 Å². The van der Waals surface area contributed by atoms with Crippen LogP contribution < -0.4 is 0 Å². The van der Waals surface area contributed by atoms with Crippen LogP contribution in [0.5, 0.6) is 0 Å². The summed E-state index contributed by atoms with van der Waals surface area (Å²) in [4.78, 5) is 10.7. The average Bonchev–Trinajstić information content (AvgIpc) is 2.10. The highest BCUT2D eigenvalue weighted by atomic mass is 16.3. The van der Waals surface area contributed by atoms with Crippen LogP contribution in [0, 0.1) is 5.92 Å². The van der Waals surface area contributed by atoms with Crippen molar-refractivity contribution >= 4 is 5.78 Å². The summed E-state index contributed by atoms with van der Waals surface area (Å²) in [6, 6.07) is 0. The molecule has 0 heterocycles. The number of carbonyl (C=O) groups excluding carboxylic acids is 1. The minimum atomic E-state index is -0.0761. The van der Waals surface area contributed by atoms with Crippen LogP contribution in [0.25, 0.3) is 0 Å². The van der Waals surface area contributed by atoms with Gasteiger partial charge in [0.2, 0.25) is 0 Å². The minimum Gasteiger partial charge on any atom is -0.512 e. The van der Waals surface area contributed by atoms with Crippen molar-refractivity contribution in [3.05, 3.63) is 11.8 Å². The van der Waals surface area contributed by atoms with Gasteiger partial charge in [-0.2, -0.15) is 0 Å². The quantitative estimate of drug-likeness (QED) is 0.501. The second-order valence-corrected chi connectivity index (χ2v) is 3.87. The van der Waals surface area contributed by atoms with Crippen LogP contribution in [0.15, 0.2) is 11.8 Å². The number of rotatable bonds is 7. The van der Waals surface area contributed by atoms with Crippen molar-refractivity contribution in [2.24, 2.45) is 5.92 Å². The summed E-state index contributed by atoms with van der Waals surface area (Å²) in [5.41, 5.74) is 0. The van der Waals surface area contributed by atoms with Gasteiger partial charge in [-0.25, -0.2) is 0 Å². The summed E-state index contributed by atoms with van der Waals surface area (Å²) in [6.45, 7) is 5.75. The molecule has 0 aliphatic carbocycles. The first-order chi connectivity index (χ1) is 6.60. The van der Waals surface area contributed by atoms with E-state index in [0.717, 1.165) is 12.8 Å². The molecule has 0 bridgehead atoms. The van der Waals surface area contributed by atoms with Gasteiger partial charge in [0.25, 0.3) is 0 Å². The number of hydrogen-bond acceptors (Lipinski definition) is 2. The Morgan fingerprint density at radius 2 is 2.07 bits per heavy atom. The molecule has 0 aromatic rings. The molecule has 0 rings (SSSR count). The van der Waals surface area contributed by atoms with Crippen LogP contribution in [-0.4, -0.2) is 10.9 Å². The van der Waals surface area contributed by atoms with Crippen LogP contribution in [0.3, 0.4) is 0 Å². The molecular weight excluding hydrogens is 176 g/mol. The van der Waals surface area contributed by atoms with Gasteiger partial charge in [-0.1, -0.05) is 39.5 Å². The van der Waals surface area contributed by atoms with Gasteiger partial charge in [-0.15, -0.1) is 0 Å². The Morgan fingerprint density at radius 1 is 1.43 bits per heavy atom. The Kier molecular flexibility index (Phi) is 7.17. The third kappa shape index (κ3) is 6.70. The van der Waals surface area contributed by atoms with Crippen molar-refractivity contribution in [1.82, 2.24) is 0 Å². The maximum absolute atomic E-state index is 10.7. The number of ketones is 1. The molecule has 0 saturated carbocycles. The Morgan fingerprint density at radius 3 is 2.50 bits per heavy atom. The topological polar surface area (TPSA) is 37.3 Å². The van der Waals surface area contributed by atoms with Crippen LogP contribution in [0.4, 0.5) is 0 Å². The van der Waals surface area contributed by atoms with Gasteiger partial charge in [0, 0.05) is 12.5 Å². The number of aliphatic hydroxyl groups excluding tert-OH is 1. The zero-order valence-corrected chi connectivity index (χ0v) is 9.55. The molecule has 0 saturated heterocycles. The van der Waals surface area contributed by atoms with Gasteiger partial charge in [0.1, 0.15) is 0 Å². The van der Waals surface area contributed by atoms with Crippen molar-refractivity contribution in [2.75, 3.05) is 0 Å². The maximum atomic E-state index is 10.7. The second kappa shape index (κ2) is 7.60. The second-order valence-electron chi connectivity index (χ2n) is 3.87. The van der Waals surface area contributed by atoms with E-state index in [1.807, 2.05) is 0 Å². The number of allylic oxidation sites excluding steroid dienone is 2. The minimum absolute atomic E-state index is 0.0761. The Labute approximate surface area is 87.0 Å². The standard InChI is InChI=1S/C12H22O2/c1-4-6-7-11(5-2)9-12(14)8-10(3)13/h8,11,14H,4-7,9H2,1-3H3/b12-8-. The highest BCUT2D eigenvalue weighted by molar-refractivity contribution is 5.87. The average molecular weight is 198 g/mol. The largest absolute Gasteiger partial charge is 0.512 e.